The number of thiazole rings is 1. The minimum absolute atomic E-state index is 0.727. The van der Waals surface area contributed by atoms with E-state index in [0.29, 0.717) is 0 Å². The van der Waals surface area contributed by atoms with Gasteiger partial charge in [0, 0.05) is 37.3 Å². The lowest BCUT2D eigenvalue weighted by molar-refractivity contribution is 0.281. The highest BCUT2D eigenvalue weighted by Gasteiger charge is 2.24. The lowest BCUT2D eigenvalue weighted by atomic mass is 10.1. The smallest absolute Gasteiger partial charge is 0.128 e. The fourth-order valence-corrected chi connectivity index (χ4v) is 3.82. The molecule has 0 bridgehead atoms. The lowest BCUT2D eigenvalue weighted by Crippen LogP contribution is -2.28. The normalized spacial score (nSPS) is 18.6. The van der Waals surface area contributed by atoms with Gasteiger partial charge in [-0.1, -0.05) is 6.07 Å². The molecule has 112 valence electrons. The highest BCUT2D eigenvalue weighted by atomic mass is 32.1. The van der Waals surface area contributed by atoms with Crippen LogP contribution in [0.25, 0.3) is 0 Å². The molecule has 3 rings (SSSR count). The summed E-state index contributed by atoms with van der Waals surface area (Å²) in [5.74, 6) is 1.84. The molecular formula is C16H22N4S. The Morgan fingerprint density at radius 3 is 3.00 bits per heavy atom. The Hall–Kier alpha value is -1.46. The van der Waals surface area contributed by atoms with Gasteiger partial charge in [0.15, 0.2) is 0 Å². The maximum Gasteiger partial charge on any atom is 0.128 e. The molecule has 1 aliphatic heterocycles. The van der Waals surface area contributed by atoms with Crippen molar-refractivity contribution in [3.05, 3.63) is 40.5 Å². The van der Waals surface area contributed by atoms with E-state index < -0.39 is 0 Å². The van der Waals surface area contributed by atoms with Crippen LogP contribution in [0.15, 0.2) is 29.9 Å². The van der Waals surface area contributed by atoms with Crippen LogP contribution in [-0.2, 0) is 6.54 Å². The molecule has 1 aliphatic rings. The monoisotopic (exact) mass is 302 g/mol. The van der Waals surface area contributed by atoms with E-state index in [1.54, 1.807) is 11.3 Å². The van der Waals surface area contributed by atoms with Gasteiger partial charge in [-0.15, -0.1) is 11.3 Å². The zero-order chi connectivity index (χ0) is 14.7. The van der Waals surface area contributed by atoms with E-state index in [9.17, 15) is 0 Å². The first kappa shape index (κ1) is 14.5. The number of pyridine rings is 1. The Morgan fingerprint density at radius 1 is 1.38 bits per heavy atom. The van der Waals surface area contributed by atoms with E-state index in [0.717, 1.165) is 37.9 Å². The summed E-state index contributed by atoms with van der Waals surface area (Å²) in [4.78, 5) is 15.0. The maximum absolute atomic E-state index is 4.45. The molecule has 0 aliphatic carbocycles. The predicted octanol–water partition coefficient (Wildman–Crippen LogP) is 2.80. The second kappa shape index (κ2) is 6.54. The second-order valence-corrected chi connectivity index (χ2v) is 6.79. The molecule has 1 unspecified atom stereocenters. The van der Waals surface area contributed by atoms with E-state index in [-0.39, 0.29) is 0 Å². The summed E-state index contributed by atoms with van der Waals surface area (Å²) in [6.07, 6.45) is 3.13. The standard InChI is InChI=1S/C16H22N4S/c1-13-15(21-12-18-13)11-19(2)9-14-6-8-20(10-14)16-5-3-4-7-17-16/h3-5,7,12,14H,6,8-11H2,1-2H3. The van der Waals surface area contributed by atoms with Crippen LogP contribution >= 0.6 is 11.3 Å². The highest BCUT2D eigenvalue weighted by molar-refractivity contribution is 7.09. The zero-order valence-electron chi connectivity index (χ0n) is 12.7. The van der Waals surface area contributed by atoms with Crippen molar-refractivity contribution >= 4 is 17.2 Å². The lowest BCUT2D eigenvalue weighted by Gasteiger charge is -2.21. The first-order valence-electron chi connectivity index (χ1n) is 7.46. The minimum atomic E-state index is 0.727. The summed E-state index contributed by atoms with van der Waals surface area (Å²) >= 11 is 1.76. The molecule has 4 nitrogen and oxygen atoms in total. The Bertz CT molecular complexity index is 569. The van der Waals surface area contributed by atoms with Gasteiger partial charge in [0.2, 0.25) is 0 Å². The topological polar surface area (TPSA) is 32.3 Å². The van der Waals surface area contributed by atoms with Crippen molar-refractivity contribution in [2.24, 2.45) is 5.92 Å². The number of nitrogens with zero attached hydrogens (tertiary/aromatic N) is 4. The van der Waals surface area contributed by atoms with Crippen LogP contribution in [0.4, 0.5) is 5.82 Å². The quantitative estimate of drug-likeness (QED) is 0.850. The summed E-state index contributed by atoms with van der Waals surface area (Å²) in [5, 5.41) is 0. The summed E-state index contributed by atoms with van der Waals surface area (Å²) in [6, 6.07) is 6.14. The molecule has 0 radical (unpaired) electrons. The molecule has 2 aromatic rings. The van der Waals surface area contributed by atoms with Gasteiger partial charge in [-0.2, -0.15) is 0 Å². The molecule has 0 spiro atoms. The predicted molar refractivity (Wildman–Crippen MR) is 87.7 cm³/mol. The molecule has 1 fully saturated rings. The summed E-state index contributed by atoms with van der Waals surface area (Å²) < 4.78 is 0. The Labute approximate surface area is 130 Å². The average molecular weight is 302 g/mol. The fourth-order valence-electron chi connectivity index (χ4n) is 2.96. The Morgan fingerprint density at radius 2 is 2.29 bits per heavy atom. The zero-order valence-corrected chi connectivity index (χ0v) is 13.5. The molecule has 5 heteroatoms. The van der Waals surface area contributed by atoms with E-state index in [2.05, 4.69) is 45.9 Å². The van der Waals surface area contributed by atoms with E-state index in [4.69, 9.17) is 0 Å². The molecule has 1 saturated heterocycles. The van der Waals surface area contributed by atoms with Crippen LogP contribution in [0.2, 0.25) is 0 Å². The molecule has 21 heavy (non-hydrogen) atoms. The third-order valence-corrected chi connectivity index (χ3v) is 5.01. The molecule has 0 amide bonds. The fraction of sp³-hybridized carbons (Fsp3) is 0.500. The summed E-state index contributed by atoms with van der Waals surface area (Å²) in [6.45, 7) is 6.48. The van der Waals surface area contributed by atoms with Crippen molar-refractivity contribution < 1.29 is 0 Å². The van der Waals surface area contributed by atoms with Crippen LogP contribution in [0.1, 0.15) is 17.0 Å². The highest BCUT2D eigenvalue weighted by Crippen LogP contribution is 2.23. The SMILES string of the molecule is Cc1ncsc1CN(C)CC1CCN(c2ccccn2)C1. The number of aryl methyl sites for hydroxylation is 1. The van der Waals surface area contributed by atoms with Crippen LogP contribution in [-0.4, -0.2) is 41.5 Å². The van der Waals surface area contributed by atoms with Crippen LogP contribution in [0.3, 0.4) is 0 Å². The molecular weight excluding hydrogens is 280 g/mol. The number of hydrogen-bond acceptors (Lipinski definition) is 5. The van der Waals surface area contributed by atoms with Crippen molar-refractivity contribution in [2.75, 3.05) is 31.6 Å². The van der Waals surface area contributed by atoms with Crippen LogP contribution in [0.5, 0.6) is 0 Å². The second-order valence-electron chi connectivity index (χ2n) is 5.85. The Balaban J connectivity index is 1.52. The number of anilines is 1. The van der Waals surface area contributed by atoms with E-state index in [1.807, 2.05) is 17.8 Å². The number of rotatable bonds is 5. The van der Waals surface area contributed by atoms with Crippen molar-refractivity contribution in [1.29, 1.82) is 0 Å². The van der Waals surface area contributed by atoms with Gasteiger partial charge in [0.1, 0.15) is 5.82 Å². The van der Waals surface area contributed by atoms with E-state index in [1.165, 1.54) is 17.0 Å². The van der Waals surface area contributed by atoms with Crippen molar-refractivity contribution in [2.45, 2.75) is 19.9 Å². The number of aromatic nitrogens is 2. The maximum atomic E-state index is 4.45. The Kier molecular flexibility index (Phi) is 4.51. The van der Waals surface area contributed by atoms with Gasteiger partial charge in [0.05, 0.1) is 11.2 Å². The summed E-state index contributed by atoms with van der Waals surface area (Å²) in [7, 11) is 2.21. The molecule has 0 aromatic carbocycles. The first-order valence-corrected chi connectivity index (χ1v) is 8.34. The molecule has 2 aromatic heterocycles. The van der Waals surface area contributed by atoms with Gasteiger partial charge >= 0.3 is 0 Å². The van der Waals surface area contributed by atoms with Gasteiger partial charge < -0.3 is 9.80 Å². The average Bonchev–Trinajstić information content (AvgIpc) is 3.10. The third kappa shape index (κ3) is 3.60. The van der Waals surface area contributed by atoms with Crippen molar-refractivity contribution in [3.8, 4) is 0 Å². The first-order chi connectivity index (χ1) is 10.2. The molecule has 0 saturated carbocycles. The molecule has 1 atom stereocenters. The van der Waals surface area contributed by atoms with Gasteiger partial charge in [-0.3, -0.25) is 0 Å². The van der Waals surface area contributed by atoms with Crippen molar-refractivity contribution in [3.63, 3.8) is 0 Å². The number of hydrogen-bond donors (Lipinski definition) is 0. The molecule has 3 heterocycles. The molecule has 0 N–H and O–H groups in total. The van der Waals surface area contributed by atoms with Crippen molar-refractivity contribution in [1.82, 2.24) is 14.9 Å². The van der Waals surface area contributed by atoms with Gasteiger partial charge in [-0.25, -0.2) is 9.97 Å². The van der Waals surface area contributed by atoms with E-state index >= 15 is 0 Å². The minimum Gasteiger partial charge on any atom is -0.356 e. The van der Waals surface area contributed by atoms with Gasteiger partial charge in [-0.05, 0) is 38.4 Å². The largest absolute Gasteiger partial charge is 0.356 e. The van der Waals surface area contributed by atoms with Crippen LogP contribution < -0.4 is 4.90 Å². The third-order valence-electron chi connectivity index (χ3n) is 4.09. The summed E-state index contributed by atoms with van der Waals surface area (Å²) in [5.41, 5.74) is 3.12. The van der Waals surface area contributed by atoms with Gasteiger partial charge in [0.25, 0.3) is 0 Å². The van der Waals surface area contributed by atoms with Crippen LogP contribution in [0, 0.1) is 12.8 Å².